The van der Waals surface area contributed by atoms with Gasteiger partial charge in [-0.15, -0.1) is 0 Å². The first-order chi connectivity index (χ1) is 34.5. The molecular weight excluding hydrogens is 859 g/mol. The standard InChI is InChI=1S/C69H55NO/c1-67(2,3)45-32-36-54-55-37-33-46(68(4,5)6)41-62(55)69(61(54)40-45)60-29-17-14-26-53(60)56-38-34-48(43-63(56)69)70(47-35-39-66-59(42-47)58-28-16-19-31-65(58)71-66)64-30-18-15-27-57(64)52-25-13-12-24-51(52)50-23-11-10-22-49(50)44-20-8-7-9-21-44/h7-43H,1-6H3. The number of hydrogen-bond acceptors (Lipinski definition) is 2. The summed E-state index contributed by atoms with van der Waals surface area (Å²) in [7, 11) is 0. The highest BCUT2D eigenvalue weighted by Gasteiger charge is 2.52. The van der Waals surface area contributed by atoms with Crippen molar-refractivity contribution < 1.29 is 4.42 Å². The molecule has 13 rings (SSSR count). The Labute approximate surface area is 417 Å². The van der Waals surface area contributed by atoms with Crippen molar-refractivity contribution in [3.63, 3.8) is 0 Å². The minimum Gasteiger partial charge on any atom is -0.456 e. The topological polar surface area (TPSA) is 16.4 Å². The number of furan rings is 1. The van der Waals surface area contributed by atoms with Crippen molar-refractivity contribution in [3.8, 4) is 55.6 Å². The number of fused-ring (bicyclic) bond motifs is 13. The summed E-state index contributed by atoms with van der Waals surface area (Å²) in [6.45, 7) is 14.0. The molecular formula is C69H55NO. The molecule has 1 aromatic heterocycles. The fraction of sp³-hybridized carbons (Fsp3) is 0.130. The van der Waals surface area contributed by atoms with Gasteiger partial charge in [0.05, 0.1) is 11.1 Å². The summed E-state index contributed by atoms with van der Waals surface area (Å²) in [6, 6.07) is 83.7. The van der Waals surface area contributed by atoms with Gasteiger partial charge in [0.1, 0.15) is 11.2 Å². The van der Waals surface area contributed by atoms with Gasteiger partial charge in [0, 0.05) is 27.7 Å². The second kappa shape index (κ2) is 15.9. The van der Waals surface area contributed by atoms with E-state index in [4.69, 9.17) is 4.42 Å². The number of rotatable bonds is 6. The molecule has 0 amide bonds. The second-order valence-electron chi connectivity index (χ2n) is 21.6. The summed E-state index contributed by atoms with van der Waals surface area (Å²) in [5.41, 5.74) is 24.7. The third kappa shape index (κ3) is 6.61. The molecule has 10 aromatic carbocycles. The van der Waals surface area contributed by atoms with E-state index >= 15 is 0 Å². The van der Waals surface area contributed by atoms with E-state index in [2.05, 4.69) is 265 Å². The van der Waals surface area contributed by atoms with Crippen molar-refractivity contribution in [2.75, 3.05) is 4.90 Å². The minimum absolute atomic E-state index is 0.0430. The van der Waals surface area contributed by atoms with Gasteiger partial charge in [-0.05, 0) is 137 Å². The van der Waals surface area contributed by atoms with Crippen LogP contribution in [0.3, 0.4) is 0 Å². The highest BCUT2D eigenvalue weighted by Crippen LogP contribution is 2.64. The van der Waals surface area contributed by atoms with Crippen molar-refractivity contribution in [2.45, 2.75) is 57.8 Å². The van der Waals surface area contributed by atoms with Gasteiger partial charge in [0.15, 0.2) is 0 Å². The van der Waals surface area contributed by atoms with Gasteiger partial charge in [0.25, 0.3) is 0 Å². The molecule has 0 radical (unpaired) electrons. The van der Waals surface area contributed by atoms with Gasteiger partial charge in [0.2, 0.25) is 0 Å². The van der Waals surface area contributed by atoms with Crippen LogP contribution in [0.5, 0.6) is 0 Å². The number of hydrogen-bond donors (Lipinski definition) is 0. The maximum absolute atomic E-state index is 6.48. The van der Waals surface area contributed by atoms with Crippen LogP contribution in [0, 0.1) is 0 Å². The first-order valence-electron chi connectivity index (χ1n) is 25.1. The van der Waals surface area contributed by atoms with Crippen molar-refractivity contribution in [1.29, 1.82) is 0 Å². The lowest BCUT2D eigenvalue weighted by molar-refractivity contribution is 0.586. The van der Waals surface area contributed by atoms with E-state index in [9.17, 15) is 0 Å². The molecule has 0 bridgehead atoms. The first-order valence-corrected chi connectivity index (χ1v) is 25.1. The number of benzene rings is 10. The number of anilines is 3. The minimum atomic E-state index is -0.557. The molecule has 0 atom stereocenters. The average molecular weight is 914 g/mol. The van der Waals surface area contributed by atoms with E-state index in [1.165, 1.54) is 83.5 Å². The lowest BCUT2D eigenvalue weighted by Crippen LogP contribution is -2.27. The Morgan fingerprint density at radius 2 is 0.775 bits per heavy atom. The molecule has 342 valence electrons. The molecule has 2 aliphatic rings. The largest absolute Gasteiger partial charge is 0.456 e. The normalized spacial score (nSPS) is 13.3. The fourth-order valence-corrected chi connectivity index (χ4v) is 12.0. The van der Waals surface area contributed by atoms with Crippen molar-refractivity contribution in [3.05, 3.63) is 258 Å². The SMILES string of the molecule is CC(C)(C)c1ccc2c(c1)C1(c3ccccc3-c3ccc(N(c4ccc5oc6ccccc6c5c4)c4ccccc4-c4ccccc4-c4ccccc4-c4ccccc4)cc31)c1cc(C(C)(C)C)ccc1-2. The Bertz CT molecular complexity index is 3850. The predicted molar refractivity (Wildman–Crippen MR) is 298 cm³/mol. The second-order valence-corrected chi connectivity index (χ2v) is 21.6. The predicted octanol–water partition coefficient (Wildman–Crippen LogP) is 19.0. The molecule has 2 nitrogen and oxygen atoms in total. The molecule has 1 heterocycles. The van der Waals surface area contributed by atoms with E-state index in [0.717, 1.165) is 44.6 Å². The molecule has 1 spiro atoms. The van der Waals surface area contributed by atoms with Gasteiger partial charge in [-0.3, -0.25) is 0 Å². The van der Waals surface area contributed by atoms with Crippen LogP contribution in [-0.4, -0.2) is 0 Å². The van der Waals surface area contributed by atoms with E-state index in [1.54, 1.807) is 0 Å². The molecule has 0 fully saturated rings. The lowest BCUT2D eigenvalue weighted by atomic mass is 9.68. The summed E-state index contributed by atoms with van der Waals surface area (Å²) in [5.74, 6) is 0. The smallest absolute Gasteiger partial charge is 0.135 e. The average Bonchev–Trinajstić information content (AvgIpc) is 4.02. The Kier molecular flexibility index (Phi) is 9.61. The summed E-state index contributed by atoms with van der Waals surface area (Å²) in [4.78, 5) is 2.50. The zero-order valence-electron chi connectivity index (χ0n) is 41.2. The molecule has 2 aliphatic carbocycles. The van der Waals surface area contributed by atoms with Gasteiger partial charge in [-0.2, -0.15) is 0 Å². The summed E-state index contributed by atoms with van der Waals surface area (Å²) >= 11 is 0. The third-order valence-corrected chi connectivity index (χ3v) is 15.4. The van der Waals surface area contributed by atoms with Gasteiger partial charge in [-0.25, -0.2) is 0 Å². The highest BCUT2D eigenvalue weighted by molar-refractivity contribution is 6.07. The molecule has 0 unspecified atom stereocenters. The van der Waals surface area contributed by atoms with E-state index in [1.807, 2.05) is 6.07 Å². The van der Waals surface area contributed by atoms with E-state index in [0.29, 0.717) is 0 Å². The van der Waals surface area contributed by atoms with Crippen molar-refractivity contribution >= 4 is 39.0 Å². The monoisotopic (exact) mass is 913 g/mol. The molecule has 0 aliphatic heterocycles. The van der Waals surface area contributed by atoms with Crippen LogP contribution >= 0.6 is 0 Å². The Morgan fingerprint density at radius 3 is 1.44 bits per heavy atom. The van der Waals surface area contributed by atoms with Gasteiger partial charge in [-0.1, -0.05) is 224 Å². The zero-order chi connectivity index (χ0) is 48.2. The van der Waals surface area contributed by atoms with Crippen LogP contribution in [0.1, 0.15) is 74.9 Å². The molecule has 0 N–H and O–H groups in total. The van der Waals surface area contributed by atoms with Gasteiger partial charge >= 0.3 is 0 Å². The van der Waals surface area contributed by atoms with Crippen LogP contribution in [0.2, 0.25) is 0 Å². The van der Waals surface area contributed by atoms with Crippen molar-refractivity contribution in [1.82, 2.24) is 0 Å². The maximum Gasteiger partial charge on any atom is 0.135 e. The first kappa shape index (κ1) is 42.9. The number of nitrogens with zero attached hydrogens (tertiary/aromatic N) is 1. The summed E-state index contributed by atoms with van der Waals surface area (Å²) < 4.78 is 6.48. The maximum atomic E-state index is 6.48. The Hall–Kier alpha value is -8.20. The molecule has 0 saturated carbocycles. The van der Waals surface area contributed by atoms with Crippen molar-refractivity contribution in [2.24, 2.45) is 0 Å². The number of para-hydroxylation sites is 2. The molecule has 71 heavy (non-hydrogen) atoms. The summed E-state index contributed by atoms with van der Waals surface area (Å²) in [6.07, 6.45) is 0. The fourth-order valence-electron chi connectivity index (χ4n) is 12.0. The van der Waals surface area contributed by atoms with Crippen LogP contribution in [0.4, 0.5) is 17.1 Å². The summed E-state index contributed by atoms with van der Waals surface area (Å²) in [5, 5.41) is 2.19. The Morgan fingerprint density at radius 1 is 0.324 bits per heavy atom. The van der Waals surface area contributed by atoms with E-state index < -0.39 is 5.41 Å². The van der Waals surface area contributed by atoms with Crippen LogP contribution in [0.25, 0.3) is 77.6 Å². The third-order valence-electron chi connectivity index (χ3n) is 15.4. The van der Waals surface area contributed by atoms with Crippen LogP contribution < -0.4 is 4.90 Å². The molecule has 11 aromatic rings. The zero-order valence-corrected chi connectivity index (χ0v) is 41.2. The lowest BCUT2D eigenvalue weighted by Gasteiger charge is -2.34. The highest BCUT2D eigenvalue weighted by atomic mass is 16.3. The quantitative estimate of drug-likeness (QED) is 0.165. The molecule has 2 heteroatoms. The van der Waals surface area contributed by atoms with E-state index in [-0.39, 0.29) is 10.8 Å². The van der Waals surface area contributed by atoms with Gasteiger partial charge < -0.3 is 9.32 Å². The van der Waals surface area contributed by atoms with Crippen LogP contribution in [0.15, 0.2) is 229 Å². The Balaban J connectivity index is 1.10. The molecule has 0 saturated heterocycles. The van der Waals surface area contributed by atoms with Crippen LogP contribution in [-0.2, 0) is 16.2 Å².